The van der Waals surface area contributed by atoms with Gasteiger partial charge in [0, 0.05) is 31.8 Å². The second kappa shape index (κ2) is 7.09. The number of ether oxygens (including phenoxy) is 1. The molecule has 1 atom stereocenters. The molecule has 6 nitrogen and oxygen atoms in total. The first kappa shape index (κ1) is 16.5. The van der Waals surface area contributed by atoms with Crippen molar-refractivity contribution < 1.29 is 9.53 Å². The van der Waals surface area contributed by atoms with Crippen molar-refractivity contribution in [3.8, 4) is 5.75 Å². The Hall–Kier alpha value is -1.99. The average molecular weight is 358 g/mol. The van der Waals surface area contributed by atoms with Crippen molar-refractivity contribution in [3.63, 3.8) is 0 Å². The van der Waals surface area contributed by atoms with E-state index in [1.807, 2.05) is 25.2 Å². The number of likely N-dealkylation sites (N-methyl/N-ethyl adjacent to an activating group) is 1. The number of amides is 1. The third-order valence-corrected chi connectivity index (χ3v) is 5.56. The van der Waals surface area contributed by atoms with Gasteiger partial charge in [-0.2, -0.15) is 0 Å². The minimum Gasteiger partial charge on any atom is -0.488 e. The first-order valence-electron chi connectivity index (χ1n) is 8.74. The van der Waals surface area contributed by atoms with E-state index in [1.165, 1.54) is 29.7 Å². The quantitative estimate of drug-likeness (QED) is 0.824. The lowest BCUT2D eigenvalue weighted by Gasteiger charge is -2.20. The number of fused-ring (bicyclic) bond motifs is 1. The fourth-order valence-electron chi connectivity index (χ4n) is 3.05. The van der Waals surface area contributed by atoms with Crippen LogP contribution in [-0.4, -0.2) is 47.2 Å². The number of hydrogen-bond acceptors (Lipinski definition) is 6. The number of anilines is 1. The number of para-hydroxylation sites is 1. The summed E-state index contributed by atoms with van der Waals surface area (Å²) in [6.45, 7) is 1.50. The van der Waals surface area contributed by atoms with Crippen molar-refractivity contribution in [2.75, 3.05) is 25.5 Å². The standard InChI is InChI=1S/C18H22N4O2S/c1-22(11-14-10-13-4-2-3-5-15(13)24-14)9-8-16(23)19-18-21-20-17(25-18)12-6-7-12/h2-5,12,14H,6-11H2,1H3,(H,19,21,23). The number of carbonyl (C=O) groups is 1. The van der Waals surface area contributed by atoms with E-state index in [1.54, 1.807) is 0 Å². The first-order chi connectivity index (χ1) is 12.2. The Labute approximate surface area is 151 Å². The molecule has 1 N–H and O–H groups in total. The summed E-state index contributed by atoms with van der Waals surface area (Å²) >= 11 is 1.50. The molecule has 0 spiro atoms. The van der Waals surface area contributed by atoms with Crippen molar-refractivity contribution >= 4 is 22.4 Å². The molecule has 132 valence electrons. The summed E-state index contributed by atoms with van der Waals surface area (Å²) in [5.41, 5.74) is 1.27. The Balaban J connectivity index is 1.19. The molecular weight excluding hydrogens is 336 g/mol. The van der Waals surface area contributed by atoms with E-state index in [0.29, 0.717) is 24.0 Å². The number of benzene rings is 1. The number of aromatic nitrogens is 2. The molecule has 25 heavy (non-hydrogen) atoms. The average Bonchev–Trinajstić information content (AvgIpc) is 3.21. The van der Waals surface area contributed by atoms with Crippen LogP contribution in [0.1, 0.15) is 35.8 Å². The van der Waals surface area contributed by atoms with Crippen molar-refractivity contribution in [1.29, 1.82) is 0 Å². The van der Waals surface area contributed by atoms with Gasteiger partial charge in [-0.25, -0.2) is 0 Å². The van der Waals surface area contributed by atoms with Crippen molar-refractivity contribution in [3.05, 3.63) is 34.8 Å². The van der Waals surface area contributed by atoms with Crippen LogP contribution in [0, 0.1) is 0 Å². The molecule has 2 heterocycles. The lowest BCUT2D eigenvalue weighted by Crippen LogP contribution is -2.34. The molecular formula is C18H22N4O2S. The number of rotatable bonds is 7. The molecule has 2 aromatic rings. The molecule has 1 fully saturated rings. The van der Waals surface area contributed by atoms with E-state index in [4.69, 9.17) is 4.74 Å². The van der Waals surface area contributed by atoms with Gasteiger partial charge in [-0.05, 0) is 31.5 Å². The maximum Gasteiger partial charge on any atom is 0.227 e. The summed E-state index contributed by atoms with van der Waals surface area (Å²) < 4.78 is 5.95. The molecule has 2 aliphatic rings. The van der Waals surface area contributed by atoms with Crippen LogP contribution in [-0.2, 0) is 11.2 Å². The fraction of sp³-hybridized carbons (Fsp3) is 0.500. The minimum atomic E-state index is -0.0130. The third kappa shape index (κ3) is 4.16. The maximum atomic E-state index is 12.1. The van der Waals surface area contributed by atoms with Crippen molar-refractivity contribution in [2.45, 2.75) is 37.7 Å². The Bertz CT molecular complexity index is 734. The highest BCUT2D eigenvalue weighted by molar-refractivity contribution is 7.15. The summed E-state index contributed by atoms with van der Waals surface area (Å²) in [7, 11) is 2.02. The lowest BCUT2D eigenvalue weighted by atomic mass is 10.1. The van der Waals surface area contributed by atoms with E-state index in [9.17, 15) is 4.79 Å². The van der Waals surface area contributed by atoms with Crippen molar-refractivity contribution in [2.24, 2.45) is 0 Å². The van der Waals surface area contributed by atoms with Gasteiger partial charge in [0.05, 0.1) is 0 Å². The number of nitrogens with one attached hydrogen (secondary N) is 1. The van der Waals surface area contributed by atoms with Gasteiger partial charge < -0.3 is 15.0 Å². The molecule has 1 aromatic heterocycles. The zero-order chi connectivity index (χ0) is 17.2. The molecule has 0 saturated heterocycles. The topological polar surface area (TPSA) is 67.4 Å². The normalized spacial score (nSPS) is 18.9. The van der Waals surface area contributed by atoms with E-state index in [0.717, 1.165) is 23.7 Å². The van der Waals surface area contributed by atoms with E-state index >= 15 is 0 Å². The van der Waals surface area contributed by atoms with Gasteiger partial charge in [0.15, 0.2) is 0 Å². The maximum absolute atomic E-state index is 12.1. The van der Waals surface area contributed by atoms with Crippen LogP contribution in [0.5, 0.6) is 5.75 Å². The summed E-state index contributed by atoms with van der Waals surface area (Å²) in [6, 6.07) is 8.17. The molecule has 1 aromatic carbocycles. The summed E-state index contributed by atoms with van der Waals surface area (Å²) in [5, 5.41) is 12.7. The Morgan fingerprint density at radius 2 is 2.20 bits per heavy atom. The number of nitrogens with zero attached hydrogens (tertiary/aromatic N) is 3. The molecule has 1 saturated carbocycles. The second-order valence-electron chi connectivity index (χ2n) is 6.83. The van der Waals surface area contributed by atoms with Crippen LogP contribution >= 0.6 is 11.3 Å². The summed E-state index contributed by atoms with van der Waals surface area (Å²) in [5.74, 6) is 1.55. The molecule has 0 bridgehead atoms. The molecule has 1 amide bonds. The highest BCUT2D eigenvalue weighted by Crippen LogP contribution is 2.42. The molecule has 0 radical (unpaired) electrons. The van der Waals surface area contributed by atoms with Gasteiger partial charge >= 0.3 is 0 Å². The monoisotopic (exact) mass is 358 g/mol. The minimum absolute atomic E-state index is 0.0130. The predicted molar refractivity (Wildman–Crippen MR) is 97.2 cm³/mol. The van der Waals surface area contributed by atoms with E-state index in [2.05, 4.69) is 26.5 Å². The van der Waals surface area contributed by atoms with Gasteiger partial charge in [-0.1, -0.05) is 29.5 Å². The predicted octanol–water partition coefficient (Wildman–Crippen LogP) is 2.68. The summed E-state index contributed by atoms with van der Waals surface area (Å²) in [4.78, 5) is 14.2. The van der Waals surface area contributed by atoms with Gasteiger partial charge in [0.25, 0.3) is 0 Å². The number of carbonyl (C=O) groups excluding carboxylic acids is 1. The molecule has 7 heteroatoms. The van der Waals surface area contributed by atoms with Gasteiger partial charge in [-0.15, -0.1) is 10.2 Å². The third-order valence-electron chi connectivity index (χ3n) is 4.56. The lowest BCUT2D eigenvalue weighted by molar-refractivity contribution is -0.116. The van der Waals surface area contributed by atoms with Crippen LogP contribution in [0.3, 0.4) is 0 Å². The Morgan fingerprint density at radius 3 is 3.00 bits per heavy atom. The van der Waals surface area contributed by atoms with Crippen LogP contribution < -0.4 is 10.1 Å². The Morgan fingerprint density at radius 1 is 1.36 bits per heavy atom. The van der Waals surface area contributed by atoms with Crippen LogP contribution in [0.15, 0.2) is 24.3 Å². The summed E-state index contributed by atoms with van der Waals surface area (Å²) in [6.07, 6.45) is 3.92. The van der Waals surface area contributed by atoms with Gasteiger partial charge in [0.2, 0.25) is 11.0 Å². The zero-order valence-electron chi connectivity index (χ0n) is 14.3. The first-order valence-corrected chi connectivity index (χ1v) is 9.55. The molecule has 1 aliphatic heterocycles. The van der Waals surface area contributed by atoms with E-state index in [-0.39, 0.29) is 12.0 Å². The number of hydrogen-bond donors (Lipinski definition) is 1. The smallest absolute Gasteiger partial charge is 0.227 e. The molecule has 1 unspecified atom stereocenters. The fourth-order valence-corrected chi connectivity index (χ4v) is 3.98. The molecule has 1 aliphatic carbocycles. The largest absolute Gasteiger partial charge is 0.488 e. The Kier molecular flexibility index (Phi) is 4.67. The highest BCUT2D eigenvalue weighted by atomic mass is 32.1. The van der Waals surface area contributed by atoms with Crippen LogP contribution in [0.2, 0.25) is 0 Å². The highest BCUT2D eigenvalue weighted by Gasteiger charge is 2.28. The molecule has 4 rings (SSSR count). The van der Waals surface area contributed by atoms with Crippen LogP contribution in [0.25, 0.3) is 0 Å². The van der Waals surface area contributed by atoms with Crippen molar-refractivity contribution in [1.82, 2.24) is 15.1 Å². The zero-order valence-corrected chi connectivity index (χ0v) is 15.1. The van der Waals surface area contributed by atoms with Gasteiger partial charge in [-0.3, -0.25) is 4.79 Å². The van der Waals surface area contributed by atoms with E-state index < -0.39 is 0 Å². The SMILES string of the molecule is CN(CCC(=O)Nc1nnc(C2CC2)s1)CC1Cc2ccccc2O1. The van der Waals surface area contributed by atoms with Gasteiger partial charge in [0.1, 0.15) is 16.9 Å². The van der Waals surface area contributed by atoms with Crippen LogP contribution in [0.4, 0.5) is 5.13 Å². The second-order valence-corrected chi connectivity index (χ2v) is 7.84.